The summed E-state index contributed by atoms with van der Waals surface area (Å²) in [6.45, 7) is 5.67. The zero-order chi connectivity index (χ0) is 13.7. The van der Waals surface area contributed by atoms with E-state index in [0.717, 1.165) is 32.4 Å². The lowest BCUT2D eigenvalue weighted by Gasteiger charge is -2.35. The van der Waals surface area contributed by atoms with E-state index < -0.39 is 0 Å². The minimum absolute atomic E-state index is 0.205. The summed E-state index contributed by atoms with van der Waals surface area (Å²) >= 11 is 5.89. The molecule has 1 aliphatic rings. The SMILES string of the molecule is CCCNc1nc(Cl)nc(NC2CC(OCC)C2)n1. The van der Waals surface area contributed by atoms with Gasteiger partial charge in [-0.25, -0.2) is 0 Å². The predicted molar refractivity (Wildman–Crippen MR) is 75.7 cm³/mol. The van der Waals surface area contributed by atoms with Gasteiger partial charge < -0.3 is 15.4 Å². The van der Waals surface area contributed by atoms with E-state index in [0.29, 0.717) is 24.0 Å². The number of anilines is 2. The van der Waals surface area contributed by atoms with Gasteiger partial charge in [-0.2, -0.15) is 15.0 Å². The average molecular weight is 286 g/mol. The molecular weight excluding hydrogens is 266 g/mol. The molecule has 0 unspecified atom stereocenters. The highest BCUT2D eigenvalue weighted by Gasteiger charge is 2.30. The smallest absolute Gasteiger partial charge is 0.229 e. The highest BCUT2D eigenvalue weighted by molar-refractivity contribution is 6.28. The van der Waals surface area contributed by atoms with Crippen molar-refractivity contribution in [2.75, 3.05) is 23.8 Å². The van der Waals surface area contributed by atoms with E-state index in [4.69, 9.17) is 16.3 Å². The van der Waals surface area contributed by atoms with Crippen LogP contribution in [-0.2, 0) is 4.74 Å². The number of hydrogen-bond donors (Lipinski definition) is 2. The fourth-order valence-electron chi connectivity index (χ4n) is 1.97. The molecule has 1 aromatic heterocycles. The Morgan fingerprint density at radius 1 is 1.21 bits per heavy atom. The molecule has 6 nitrogen and oxygen atoms in total. The summed E-state index contributed by atoms with van der Waals surface area (Å²) in [7, 11) is 0. The first-order valence-electron chi connectivity index (χ1n) is 6.74. The summed E-state index contributed by atoms with van der Waals surface area (Å²) in [6.07, 6.45) is 3.33. The second kappa shape index (κ2) is 6.86. The maximum absolute atomic E-state index is 5.89. The Hall–Kier alpha value is -1.14. The van der Waals surface area contributed by atoms with Crippen LogP contribution < -0.4 is 10.6 Å². The summed E-state index contributed by atoms with van der Waals surface area (Å²) in [5.74, 6) is 1.04. The molecule has 0 aromatic carbocycles. The maximum atomic E-state index is 5.89. The minimum Gasteiger partial charge on any atom is -0.378 e. The predicted octanol–water partition coefficient (Wildman–Crippen LogP) is 2.33. The maximum Gasteiger partial charge on any atom is 0.229 e. The summed E-state index contributed by atoms with van der Waals surface area (Å²) in [6, 6.07) is 0.356. The van der Waals surface area contributed by atoms with Crippen molar-refractivity contribution in [2.24, 2.45) is 0 Å². The third-order valence-electron chi connectivity index (χ3n) is 2.97. The van der Waals surface area contributed by atoms with E-state index in [2.05, 4.69) is 32.5 Å². The number of ether oxygens (including phenoxy) is 1. The van der Waals surface area contributed by atoms with Crippen molar-refractivity contribution >= 4 is 23.5 Å². The van der Waals surface area contributed by atoms with E-state index in [1.54, 1.807) is 0 Å². The number of nitrogens with zero attached hydrogens (tertiary/aromatic N) is 3. The van der Waals surface area contributed by atoms with Crippen LogP contribution in [0.4, 0.5) is 11.9 Å². The molecule has 0 radical (unpaired) electrons. The monoisotopic (exact) mass is 285 g/mol. The third kappa shape index (κ3) is 4.18. The van der Waals surface area contributed by atoms with Crippen molar-refractivity contribution in [2.45, 2.75) is 45.3 Å². The highest BCUT2D eigenvalue weighted by atomic mass is 35.5. The molecule has 19 heavy (non-hydrogen) atoms. The third-order valence-corrected chi connectivity index (χ3v) is 3.14. The molecule has 1 aliphatic carbocycles. The summed E-state index contributed by atoms with van der Waals surface area (Å²) in [5.41, 5.74) is 0. The Labute approximate surface area is 118 Å². The van der Waals surface area contributed by atoms with E-state index >= 15 is 0 Å². The fraction of sp³-hybridized carbons (Fsp3) is 0.750. The first-order chi connectivity index (χ1) is 9.21. The molecule has 0 saturated heterocycles. The Kier molecular flexibility index (Phi) is 5.15. The Morgan fingerprint density at radius 3 is 2.63 bits per heavy atom. The van der Waals surface area contributed by atoms with Gasteiger partial charge in [0.25, 0.3) is 0 Å². The van der Waals surface area contributed by atoms with Gasteiger partial charge in [0.1, 0.15) is 0 Å². The Bertz CT molecular complexity index is 411. The van der Waals surface area contributed by atoms with Gasteiger partial charge in [0.15, 0.2) is 0 Å². The molecule has 1 fully saturated rings. The molecule has 2 N–H and O–H groups in total. The number of aromatic nitrogens is 3. The van der Waals surface area contributed by atoms with Crippen LogP contribution in [0.2, 0.25) is 5.28 Å². The average Bonchev–Trinajstić information content (AvgIpc) is 2.33. The standard InChI is InChI=1S/C12H20ClN5O/c1-3-5-14-11-16-10(13)17-12(18-11)15-8-6-9(7-8)19-4-2/h8-9H,3-7H2,1-2H3,(H2,14,15,16,17,18). The van der Waals surface area contributed by atoms with E-state index in [-0.39, 0.29) is 5.28 Å². The van der Waals surface area contributed by atoms with Gasteiger partial charge in [-0.15, -0.1) is 0 Å². The van der Waals surface area contributed by atoms with Crippen molar-refractivity contribution in [1.82, 2.24) is 15.0 Å². The lowest BCUT2D eigenvalue weighted by atomic mass is 9.89. The fourth-order valence-corrected chi connectivity index (χ4v) is 2.13. The van der Waals surface area contributed by atoms with Crippen LogP contribution in [0.25, 0.3) is 0 Å². The first-order valence-corrected chi connectivity index (χ1v) is 7.12. The molecule has 0 spiro atoms. The molecule has 0 bridgehead atoms. The van der Waals surface area contributed by atoms with Crippen molar-refractivity contribution in [3.63, 3.8) is 0 Å². The topological polar surface area (TPSA) is 72.0 Å². The molecule has 0 amide bonds. The van der Waals surface area contributed by atoms with Gasteiger partial charge in [0.2, 0.25) is 17.2 Å². The summed E-state index contributed by atoms with van der Waals surface area (Å²) < 4.78 is 5.51. The summed E-state index contributed by atoms with van der Waals surface area (Å²) in [4.78, 5) is 12.4. The van der Waals surface area contributed by atoms with E-state index in [1.165, 1.54) is 0 Å². The molecule has 0 aliphatic heterocycles. The van der Waals surface area contributed by atoms with Crippen molar-refractivity contribution in [3.05, 3.63) is 5.28 Å². The van der Waals surface area contributed by atoms with E-state index in [1.807, 2.05) is 6.92 Å². The van der Waals surface area contributed by atoms with Gasteiger partial charge in [0, 0.05) is 19.2 Å². The molecule has 1 aromatic rings. The van der Waals surface area contributed by atoms with Crippen molar-refractivity contribution in [3.8, 4) is 0 Å². The number of hydrogen-bond acceptors (Lipinski definition) is 6. The lowest BCUT2D eigenvalue weighted by molar-refractivity contribution is 0.00285. The molecule has 1 saturated carbocycles. The van der Waals surface area contributed by atoms with Crippen LogP contribution >= 0.6 is 11.6 Å². The van der Waals surface area contributed by atoms with Crippen LogP contribution in [0, 0.1) is 0 Å². The van der Waals surface area contributed by atoms with Crippen LogP contribution in [0.3, 0.4) is 0 Å². The first kappa shape index (κ1) is 14.3. The van der Waals surface area contributed by atoms with Gasteiger partial charge >= 0.3 is 0 Å². The highest BCUT2D eigenvalue weighted by Crippen LogP contribution is 2.26. The normalized spacial score (nSPS) is 21.8. The minimum atomic E-state index is 0.205. The van der Waals surface area contributed by atoms with Crippen LogP contribution in [0.5, 0.6) is 0 Å². The second-order valence-electron chi connectivity index (χ2n) is 4.57. The zero-order valence-corrected chi connectivity index (χ0v) is 12.1. The Balaban J connectivity index is 1.88. The van der Waals surface area contributed by atoms with Crippen molar-refractivity contribution in [1.29, 1.82) is 0 Å². The van der Waals surface area contributed by atoms with Crippen LogP contribution in [0.1, 0.15) is 33.1 Å². The molecule has 1 heterocycles. The van der Waals surface area contributed by atoms with Gasteiger partial charge in [-0.1, -0.05) is 6.92 Å². The zero-order valence-electron chi connectivity index (χ0n) is 11.3. The molecule has 106 valence electrons. The molecule has 2 rings (SSSR count). The van der Waals surface area contributed by atoms with Crippen molar-refractivity contribution < 1.29 is 4.74 Å². The van der Waals surface area contributed by atoms with Crippen LogP contribution in [-0.4, -0.2) is 40.2 Å². The van der Waals surface area contributed by atoms with Gasteiger partial charge in [0.05, 0.1) is 6.10 Å². The van der Waals surface area contributed by atoms with E-state index in [9.17, 15) is 0 Å². The molecule has 7 heteroatoms. The second-order valence-corrected chi connectivity index (χ2v) is 4.91. The quantitative estimate of drug-likeness (QED) is 0.801. The van der Waals surface area contributed by atoms with Gasteiger partial charge in [-0.3, -0.25) is 0 Å². The largest absolute Gasteiger partial charge is 0.378 e. The molecular formula is C12H20ClN5O. The van der Waals surface area contributed by atoms with Gasteiger partial charge in [-0.05, 0) is 37.8 Å². The lowest BCUT2D eigenvalue weighted by Crippen LogP contribution is -2.41. The number of nitrogens with one attached hydrogen (secondary N) is 2. The number of halogens is 1. The Morgan fingerprint density at radius 2 is 1.95 bits per heavy atom. The summed E-state index contributed by atoms with van der Waals surface area (Å²) in [5, 5.41) is 6.57. The number of rotatable bonds is 7. The molecule has 0 atom stereocenters. The van der Waals surface area contributed by atoms with Crippen LogP contribution in [0.15, 0.2) is 0 Å².